The van der Waals surface area contributed by atoms with Gasteiger partial charge in [0, 0.05) is 12.0 Å². The standard InChI is InChI=1S/C20H30O5/c1-12-5-6-16(22)19(3)8-7-14(13(2)18(23)25-19)10-17-20(4,24-17)11-15(21)9-12/h9,14-17,21-22H,2,5-8,10-11H2,1,3-4H3. The van der Waals surface area contributed by atoms with E-state index in [0.717, 1.165) is 12.0 Å². The first-order chi connectivity index (χ1) is 11.6. The van der Waals surface area contributed by atoms with Gasteiger partial charge in [-0.05, 0) is 58.8 Å². The van der Waals surface area contributed by atoms with Crippen LogP contribution in [0.2, 0.25) is 0 Å². The summed E-state index contributed by atoms with van der Waals surface area (Å²) in [5.41, 5.74) is 0.249. The van der Waals surface area contributed by atoms with Crippen LogP contribution in [0.25, 0.3) is 0 Å². The molecule has 25 heavy (non-hydrogen) atoms. The third-order valence-electron chi connectivity index (χ3n) is 6.21. The predicted octanol–water partition coefficient (Wildman–Crippen LogP) is 2.65. The minimum Gasteiger partial charge on any atom is -0.453 e. The normalized spacial score (nSPS) is 45.7. The number of aliphatic hydroxyl groups excluding tert-OH is 2. The first-order valence-electron chi connectivity index (χ1n) is 9.26. The van der Waals surface area contributed by atoms with Gasteiger partial charge in [-0.2, -0.15) is 0 Å². The van der Waals surface area contributed by atoms with Gasteiger partial charge in [0.25, 0.3) is 0 Å². The van der Waals surface area contributed by atoms with Gasteiger partial charge in [0.2, 0.25) is 0 Å². The number of carbonyl (C=O) groups is 1. The van der Waals surface area contributed by atoms with E-state index in [9.17, 15) is 15.0 Å². The van der Waals surface area contributed by atoms with Crippen molar-refractivity contribution in [2.75, 3.05) is 0 Å². The lowest BCUT2D eigenvalue weighted by molar-refractivity contribution is -0.165. The molecule has 2 fully saturated rings. The van der Waals surface area contributed by atoms with Crippen LogP contribution < -0.4 is 0 Å². The summed E-state index contributed by atoms with van der Waals surface area (Å²) in [7, 11) is 0. The van der Waals surface area contributed by atoms with Crippen molar-refractivity contribution in [1.29, 1.82) is 0 Å². The average molecular weight is 350 g/mol. The van der Waals surface area contributed by atoms with Gasteiger partial charge in [-0.15, -0.1) is 0 Å². The Labute approximate surface area is 149 Å². The highest BCUT2D eigenvalue weighted by Gasteiger charge is 2.54. The van der Waals surface area contributed by atoms with E-state index >= 15 is 0 Å². The van der Waals surface area contributed by atoms with Crippen molar-refractivity contribution in [1.82, 2.24) is 0 Å². The van der Waals surface area contributed by atoms with Crippen LogP contribution in [0.15, 0.2) is 23.8 Å². The zero-order valence-electron chi connectivity index (χ0n) is 15.5. The summed E-state index contributed by atoms with van der Waals surface area (Å²) >= 11 is 0. The highest BCUT2D eigenvalue weighted by Crippen LogP contribution is 2.47. The number of rotatable bonds is 0. The number of hydrogen-bond acceptors (Lipinski definition) is 5. The first kappa shape index (κ1) is 18.6. The quantitative estimate of drug-likeness (QED) is 0.304. The van der Waals surface area contributed by atoms with Crippen molar-refractivity contribution < 1.29 is 24.5 Å². The minimum absolute atomic E-state index is 0.00860. The number of ether oxygens (including phenoxy) is 2. The fourth-order valence-corrected chi connectivity index (χ4v) is 4.21. The maximum Gasteiger partial charge on any atom is 0.334 e. The van der Waals surface area contributed by atoms with Crippen molar-refractivity contribution in [3.05, 3.63) is 23.8 Å². The Kier molecular flexibility index (Phi) is 4.86. The number of hydrogen-bond donors (Lipinski definition) is 2. The molecule has 2 N–H and O–H groups in total. The molecule has 2 bridgehead atoms. The molecule has 0 aromatic carbocycles. The van der Waals surface area contributed by atoms with Crippen LogP contribution in [0.3, 0.4) is 0 Å². The van der Waals surface area contributed by atoms with Crippen LogP contribution in [-0.2, 0) is 14.3 Å². The molecule has 3 aliphatic rings. The van der Waals surface area contributed by atoms with Gasteiger partial charge in [0.15, 0.2) is 0 Å². The maximum atomic E-state index is 12.5. The van der Waals surface area contributed by atoms with Gasteiger partial charge in [-0.1, -0.05) is 18.2 Å². The number of fused-ring (bicyclic) bond motifs is 4. The monoisotopic (exact) mass is 350 g/mol. The smallest absolute Gasteiger partial charge is 0.334 e. The summed E-state index contributed by atoms with van der Waals surface area (Å²) in [6.07, 6.45) is 4.29. The molecule has 0 aromatic rings. The van der Waals surface area contributed by atoms with Crippen molar-refractivity contribution in [2.24, 2.45) is 5.92 Å². The maximum absolute atomic E-state index is 12.5. The minimum atomic E-state index is -0.897. The fourth-order valence-electron chi connectivity index (χ4n) is 4.21. The summed E-state index contributed by atoms with van der Waals surface area (Å²) < 4.78 is 11.5. The molecule has 6 unspecified atom stereocenters. The van der Waals surface area contributed by atoms with E-state index in [1.807, 2.05) is 26.8 Å². The zero-order valence-corrected chi connectivity index (χ0v) is 15.5. The molecule has 2 heterocycles. The Hall–Kier alpha value is -1.17. The third kappa shape index (κ3) is 3.83. The van der Waals surface area contributed by atoms with E-state index in [0.29, 0.717) is 37.7 Å². The van der Waals surface area contributed by atoms with Crippen molar-refractivity contribution in [3.8, 4) is 0 Å². The Bertz CT molecular complexity index is 597. The molecular weight excluding hydrogens is 320 g/mol. The molecule has 0 amide bonds. The molecule has 0 radical (unpaired) electrons. The highest BCUT2D eigenvalue weighted by atomic mass is 16.6. The van der Waals surface area contributed by atoms with E-state index in [4.69, 9.17) is 9.47 Å². The molecule has 2 aliphatic heterocycles. The van der Waals surface area contributed by atoms with E-state index in [1.54, 1.807) is 0 Å². The summed E-state index contributed by atoms with van der Waals surface area (Å²) in [6, 6.07) is 0. The van der Waals surface area contributed by atoms with Crippen molar-refractivity contribution >= 4 is 5.97 Å². The molecule has 5 nitrogen and oxygen atoms in total. The summed E-state index contributed by atoms with van der Waals surface area (Å²) in [5.74, 6) is -0.417. The molecule has 2 saturated heterocycles. The highest BCUT2D eigenvalue weighted by molar-refractivity contribution is 5.89. The van der Waals surface area contributed by atoms with Crippen LogP contribution in [-0.4, -0.2) is 45.7 Å². The van der Waals surface area contributed by atoms with Crippen LogP contribution >= 0.6 is 0 Å². The first-order valence-corrected chi connectivity index (χ1v) is 9.26. The zero-order chi connectivity index (χ0) is 18.4. The summed E-state index contributed by atoms with van der Waals surface area (Å²) in [6.45, 7) is 9.73. The van der Waals surface area contributed by atoms with E-state index in [2.05, 4.69) is 6.58 Å². The average Bonchev–Trinajstić information content (AvgIpc) is 3.17. The van der Waals surface area contributed by atoms with Crippen LogP contribution in [0, 0.1) is 5.92 Å². The number of epoxide rings is 1. The Morgan fingerprint density at radius 3 is 2.68 bits per heavy atom. The Morgan fingerprint density at radius 2 is 1.96 bits per heavy atom. The lowest BCUT2D eigenvalue weighted by atomic mass is 9.82. The Balaban J connectivity index is 1.88. The van der Waals surface area contributed by atoms with Crippen molar-refractivity contribution in [2.45, 2.75) is 88.8 Å². The van der Waals surface area contributed by atoms with Crippen LogP contribution in [0.5, 0.6) is 0 Å². The van der Waals surface area contributed by atoms with Gasteiger partial charge >= 0.3 is 5.97 Å². The summed E-state index contributed by atoms with van der Waals surface area (Å²) in [4.78, 5) is 12.5. The molecule has 0 spiro atoms. The molecular formula is C20H30O5. The molecule has 0 saturated carbocycles. The lowest BCUT2D eigenvalue weighted by Crippen LogP contribution is -2.43. The van der Waals surface area contributed by atoms with Gasteiger partial charge < -0.3 is 19.7 Å². The molecule has 140 valence electrons. The molecule has 3 rings (SSSR count). The van der Waals surface area contributed by atoms with E-state index in [1.165, 1.54) is 0 Å². The molecule has 5 heteroatoms. The van der Waals surface area contributed by atoms with Gasteiger partial charge in [0.05, 0.1) is 23.9 Å². The molecule has 0 aromatic heterocycles. The largest absolute Gasteiger partial charge is 0.453 e. The van der Waals surface area contributed by atoms with Crippen LogP contribution in [0.4, 0.5) is 0 Å². The number of carbonyl (C=O) groups excluding carboxylic acids is 1. The second-order valence-electron chi connectivity index (χ2n) is 8.46. The number of allylic oxidation sites excluding steroid dienone is 1. The van der Waals surface area contributed by atoms with E-state index < -0.39 is 23.8 Å². The van der Waals surface area contributed by atoms with Gasteiger partial charge in [0.1, 0.15) is 5.60 Å². The Morgan fingerprint density at radius 1 is 1.24 bits per heavy atom. The molecule has 1 aliphatic carbocycles. The number of esters is 1. The summed E-state index contributed by atoms with van der Waals surface area (Å²) in [5, 5.41) is 21.0. The number of aliphatic hydroxyl groups is 2. The second-order valence-corrected chi connectivity index (χ2v) is 8.46. The lowest BCUT2D eigenvalue weighted by Gasteiger charge is -2.33. The van der Waals surface area contributed by atoms with Gasteiger partial charge in [-0.3, -0.25) is 0 Å². The predicted molar refractivity (Wildman–Crippen MR) is 93.9 cm³/mol. The molecule has 6 atom stereocenters. The topological polar surface area (TPSA) is 79.3 Å². The van der Waals surface area contributed by atoms with Gasteiger partial charge in [-0.25, -0.2) is 4.79 Å². The van der Waals surface area contributed by atoms with E-state index in [-0.39, 0.29) is 17.6 Å². The SMILES string of the molecule is C=C1C(=O)OC2(C)CCC1CC1OC1(C)CC(O)C=C(C)CCC2O. The van der Waals surface area contributed by atoms with Crippen molar-refractivity contribution in [3.63, 3.8) is 0 Å². The van der Waals surface area contributed by atoms with Crippen LogP contribution in [0.1, 0.15) is 59.3 Å². The third-order valence-corrected chi connectivity index (χ3v) is 6.21. The fraction of sp³-hybridized carbons (Fsp3) is 0.750. The second kappa shape index (κ2) is 6.53.